The van der Waals surface area contributed by atoms with Gasteiger partial charge in [0, 0.05) is 5.54 Å². The van der Waals surface area contributed by atoms with Crippen LogP contribution >= 0.6 is 0 Å². The van der Waals surface area contributed by atoms with Crippen molar-refractivity contribution in [3.8, 4) is 5.75 Å². The van der Waals surface area contributed by atoms with E-state index >= 15 is 0 Å². The lowest BCUT2D eigenvalue weighted by molar-refractivity contribution is -0.128. The van der Waals surface area contributed by atoms with E-state index in [9.17, 15) is 4.79 Å². The smallest absolute Gasteiger partial charge is 0.261 e. The number of hydrogen-bond donors (Lipinski definition) is 2. The number of carbonyl (C=O) groups is 1. The first-order valence-electron chi connectivity index (χ1n) is 6.19. The molecular weight excluding hydrogens is 228 g/mol. The van der Waals surface area contributed by atoms with Gasteiger partial charge < -0.3 is 15.8 Å². The van der Waals surface area contributed by atoms with Crippen molar-refractivity contribution in [3.05, 3.63) is 24.3 Å². The highest BCUT2D eigenvalue weighted by molar-refractivity contribution is 5.81. The van der Waals surface area contributed by atoms with Gasteiger partial charge in [0.2, 0.25) is 0 Å². The average molecular weight is 250 g/mol. The highest BCUT2D eigenvalue weighted by atomic mass is 16.5. The molecule has 100 valence electrons. The topological polar surface area (TPSA) is 64.3 Å². The molecular formula is C14H22N2O2. The summed E-state index contributed by atoms with van der Waals surface area (Å²) in [5, 5.41) is 2.94. The Morgan fingerprint density at radius 2 is 2.06 bits per heavy atom. The summed E-state index contributed by atoms with van der Waals surface area (Å²) in [4.78, 5) is 12.0. The Morgan fingerprint density at radius 3 is 2.61 bits per heavy atom. The van der Waals surface area contributed by atoms with E-state index in [0.29, 0.717) is 11.4 Å². The van der Waals surface area contributed by atoms with Crippen molar-refractivity contribution in [2.45, 2.75) is 45.8 Å². The number of rotatable bonds is 5. The number of ether oxygens (including phenoxy) is 1. The van der Waals surface area contributed by atoms with Gasteiger partial charge in [0.25, 0.3) is 5.91 Å². The maximum absolute atomic E-state index is 12.0. The monoisotopic (exact) mass is 250 g/mol. The van der Waals surface area contributed by atoms with E-state index in [1.54, 1.807) is 19.1 Å². The van der Waals surface area contributed by atoms with Crippen LogP contribution in [0.2, 0.25) is 0 Å². The van der Waals surface area contributed by atoms with Crippen molar-refractivity contribution < 1.29 is 9.53 Å². The van der Waals surface area contributed by atoms with Gasteiger partial charge in [0.1, 0.15) is 5.75 Å². The lowest BCUT2D eigenvalue weighted by Crippen LogP contribution is -2.48. The van der Waals surface area contributed by atoms with E-state index in [2.05, 4.69) is 5.32 Å². The van der Waals surface area contributed by atoms with Crippen LogP contribution in [-0.2, 0) is 4.79 Å². The fraction of sp³-hybridized carbons (Fsp3) is 0.500. The molecule has 0 saturated carbocycles. The number of carbonyl (C=O) groups excluding carboxylic acids is 1. The number of nitrogens with one attached hydrogen (secondary N) is 1. The second kappa shape index (κ2) is 5.76. The first-order valence-corrected chi connectivity index (χ1v) is 6.19. The molecule has 1 rings (SSSR count). The van der Waals surface area contributed by atoms with E-state index in [-0.39, 0.29) is 11.4 Å². The minimum atomic E-state index is -0.569. The zero-order valence-corrected chi connectivity index (χ0v) is 11.5. The molecule has 0 aliphatic carbocycles. The summed E-state index contributed by atoms with van der Waals surface area (Å²) in [7, 11) is 0. The Labute approximate surface area is 109 Å². The van der Waals surface area contributed by atoms with Crippen LogP contribution in [0, 0.1) is 0 Å². The van der Waals surface area contributed by atoms with Crippen molar-refractivity contribution in [1.29, 1.82) is 0 Å². The SMILES string of the molecule is CCC(C)(C)NC(=O)C(C)Oc1ccccc1N. The van der Waals surface area contributed by atoms with Gasteiger partial charge in [-0.15, -0.1) is 0 Å². The maximum atomic E-state index is 12.0. The molecule has 0 saturated heterocycles. The van der Waals surface area contributed by atoms with Crippen LogP contribution in [0.5, 0.6) is 5.75 Å². The fourth-order valence-corrected chi connectivity index (χ4v) is 1.36. The van der Waals surface area contributed by atoms with Crippen LogP contribution < -0.4 is 15.8 Å². The average Bonchev–Trinajstić information content (AvgIpc) is 2.31. The van der Waals surface area contributed by atoms with Gasteiger partial charge in [-0.25, -0.2) is 0 Å². The van der Waals surface area contributed by atoms with Crippen LogP contribution in [0.1, 0.15) is 34.1 Å². The molecule has 0 radical (unpaired) electrons. The number of hydrogen-bond acceptors (Lipinski definition) is 3. The zero-order chi connectivity index (χ0) is 13.8. The third kappa shape index (κ3) is 3.95. The number of nitrogens with two attached hydrogens (primary N) is 1. The second-order valence-corrected chi connectivity index (χ2v) is 5.02. The number of benzene rings is 1. The minimum absolute atomic E-state index is 0.134. The Bertz CT molecular complexity index is 416. The second-order valence-electron chi connectivity index (χ2n) is 5.02. The van der Waals surface area contributed by atoms with Crippen molar-refractivity contribution in [2.24, 2.45) is 0 Å². The summed E-state index contributed by atoms with van der Waals surface area (Å²) in [6, 6.07) is 7.15. The van der Waals surface area contributed by atoms with Gasteiger partial charge in [0.15, 0.2) is 6.10 Å². The highest BCUT2D eigenvalue weighted by Gasteiger charge is 2.23. The Morgan fingerprint density at radius 1 is 1.44 bits per heavy atom. The van der Waals surface area contributed by atoms with Crippen molar-refractivity contribution in [2.75, 3.05) is 5.73 Å². The summed E-state index contributed by atoms with van der Waals surface area (Å²) in [5.41, 5.74) is 6.07. The molecule has 0 spiro atoms. The molecule has 1 aromatic carbocycles. The molecule has 18 heavy (non-hydrogen) atoms. The summed E-state index contributed by atoms with van der Waals surface area (Å²) in [6.07, 6.45) is 0.291. The Balaban J connectivity index is 2.63. The molecule has 3 N–H and O–H groups in total. The molecule has 0 aliphatic rings. The molecule has 1 amide bonds. The standard InChI is InChI=1S/C14H22N2O2/c1-5-14(3,4)16-13(17)10(2)18-12-9-7-6-8-11(12)15/h6-10H,5,15H2,1-4H3,(H,16,17). The molecule has 0 fully saturated rings. The lowest BCUT2D eigenvalue weighted by atomic mass is 10.0. The Hall–Kier alpha value is -1.71. The zero-order valence-electron chi connectivity index (χ0n) is 11.5. The first kappa shape index (κ1) is 14.4. The normalized spacial score (nSPS) is 12.9. The largest absolute Gasteiger partial charge is 0.479 e. The van der Waals surface area contributed by atoms with Gasteiger partial charge in [-0.05, 0) is 39.3 Å². The van der Waals surface area contributed by atoms with Gasteiger partial charge in [-0.1, -0.05) is 19.1 Å². The molecule has 1 aromatic rings. The van der Waals surface area contributed by atoms with Crippen LogP contribution in [0.25, 0.3) is 0 Å². The third-order valence-electron chi connectivity index (χ3n) is 2.94. The van der Waals surface area contributed by atoms with Crippen molar-refractivity contribution in [3.63, 3.8) is 0 Å². The third-order valence-corrected chi connectivity index (χ3v) is 2.94. The van der Waals surface area contributed by atoms with Gasteiger partial charge in [0.05, 0.1) is 5.69 Å². The highest BCUT2D eigenvalue weighted by Crippen LogP contribution is 2.21. The quantitative estimate of drug-likeness (QED) is 0.788. The maximum Gasteiger partial charge on any atom is 0.261 e. The van der Waals surface area contributed by atoms with Crippen LogP contribution in [0.3, 0.4) is 0 Å². The lowest BCUT2D eigenvalue weighted by Gasteiger charge is -2.26. The van der Waals surface area contributed by atoms with Crippen LogP contribution in [-0.4, -0.2) is 17.6 Å². The summed E-state index contributed by atoms with van der Waals surface area (Å²) in [6.45, 7) is 7.71. The number of amides is 1. The van der Waals surface area contributed by atoms with E-state index < -0.39 is 6.10 Å². The molecule has 0 aromatic heterocycles. The van der Waals surface area contributed by atoms with Crippen molar-refractivity contribution >= 4 is 11.6 Å². The molecule has 0 aliphatic heterocycles. The van der Waals surface area contributed by atoms with Gasteiger partial charge in [-0.3, -0.25) is 4.79 Å². The molecule has 1 atom stereocenters. The first-order chi connectivity index (χ1) is 8.35. The van der Waals surface area contributed by atoms with E-state index in [1.165, 1.54) is 0 Å². The number of anilines is 1. The molecule has 4 heteroatoms. The number of para-hydroxylation sites is 2. The van der Waals surface area contributed by atoms with E-state index in [0.717, 1.165) is 6.42 Å². The van der Waals surface area contributed by atoms with E-state index in [4.69, 9.17) is 10.5 Å². The van der Waals surface area contributed by atoms with E-state index in [1.807, 2.05) is 32.9 Å². The molecule has 1 unspecified atom stereocenters. The molecule has 0 bridgehead atoms. The summed E-state index contributed by atoms with van der Waals surface area (Å²) < 4.78 is 5.56. The Kier molecular flexibility index (Phi) is 4.59. The number of nitrogen functional groups attached to an aromatic ring is 1. The van der Waals surface area contributed by atoms with Crippen LogP contribution in [0.4, 0.5) is 5.69 Å². The summed E-state index contributed by atoms with van der Waals surface area (Å²) in [5.74, 6) is 0.402. The minimum Gasteiger partial charge on any atom is -0.479 e. The summed E-state index contributed by atoms with van der Waals surface area (Å²) >= 11 is 0. The molecule has 0 heterocycles. The van der Waals surface area contributed by atoms with Crippen LogP contribution in [0.15, 0.2) is 24.3 Å². The van der Waals surface area contributed by atoms with Crippen molar-refractivity contribution in [1.82, 2.24) is 5.32 Å². The fourth-order valence-electron chi connectivity index (χ4n) is 1.36. The van der Waals surface area contributed by atoms with Gasteiger partial charge >= 0.3 is 0 Å². The predicted octanol–water partition coefficient (Wildman–Crippen LogP) is 2.34. The predicted molar refractivity (Wildman–Crippen MR) is 73.5 cm³/mol. The molecule has 4 nitrogen and oxygen atoms in total. The van der Waals surface area contributed by atoms with Gasteiger partial charge in [-0.2, -0.15) is 0 Å².